The van der Waals surface area contributed by atoms with E-state index in [0.29, 0.717) is 23.4 Å². The van der Waals surface area contributed by atoms with E-state index in [1.54, 1.807) is 31.2 Å². The Morgan fingerprint density at radius 1 is 1.19 bits per heavy atom. The number of rotatable bonds is 7. The average Bonchev–Trinajstić information content (AvgIpc) is 2.75. The highest BCUT2D eigenvalue weighted by Gasteiger charge is 2.21. The maximum absolute atomic E-state index is 13.3. The van der Waals surface area contributed by atoms with Gasteiger partial charge >= 0.3 is 0 Å². The largest absolute Gasteiger partial charge is 0.326 e. The SMILES string of the molecule is CCC(Sc1nnc(-c2ccccc2NC(C)=O)c(=O)[nH]1)C(=O)Nc1ccc(F)c(Cl)c1. The van der Waals surface area contributed by atoms with Crippen molar-refractivity contribution < 1.29 is 14.0 Å². The third-order valence-corrected chi connectivity index (χ3v) is 5.80. The number of carbonyl (C=O) groups is 2. The van der Waals surface area contributed by atoms with Crippen LogP contribution in [0.15, 0.2) is 52.4 Å². The molecule has 11 heteroatoms. The summed E-state index contributed by atoms with van der Waals surface area (Å²) in [7, 11) is 0. The zero-order chi connectivity index (χ0) is 23.3. The van der Waals surface area contributed by atoms with Crippen molar-refractivity contribution in [2.45, 2.75) is 30.7 Å². The molecular formula is C21H19ClFN5O3S. The number of thioether (sulfide) groups is 1. The minimum atomic E-state index is -0.596. The number of amides is 2. The van der Waals surface area contributed by atoms with Crippen molar-refractivity contribution in [3.05, 3.63) is 63.7 Å². The van der Waals surface area contributed by atoms with Gasteiger partial charge in [0.1, 0.15) is 5.82 Å². The Morgan fingerprint density at radius 2 is 1.94 bits per heavy atom. The minimum absolute atomic E-state index is 0.0390. The van der Waals surface area contributed by atoms with E-state index in [4.69, 9.17) is 11.6 Å². The lowest BCUT2D eigenvalue weighted by molar-refractivity contribution is -0.116. The Hall–Kier alpha value is -3.24. The second-order valence-corrected chi connectivity index (χ2v) is 8.27. The molecule has 0 aliphatic heterocycles. The highest BCUT2D eigenvalue weighted by atomic mass is 35.5. The van der Waals surface area contributed by atoms with Crippen LogP contribution >= 0.6 is 23.4 Å². The number of hydrogen-bond donors (Lipinski definition) is 3. The number of nitrogens with zero attached hydrogens (tertiary/aromatic N) is 2. The Bertz CT molecular complexity index is 1220. The van der Waals surface area contributed by atoms with Gasteiger partial charge in [-0.2, -0.15) is 0 Å². The zero-order valence-electron chi connectivity index (χ0n) is 17.1. The van der Waals surface area contributed by atoms with Crippen LogP contribution in [-0.4, -0.2) is 32.2 Å². The number of nitrogens with one attached hydrogen (secondary N) is 3. The van der Waals surface area contributed by atoms with Crippen molar-refractivity contribution >= 4 is 46.6 Å². The number of para-hydroxylation sites is 1. The van der Waals surface area contributed by atoms with Gasteiger partial charge < -0.3 is 10.6 Å². The van der Waals surface area contributed by atoms with E-state index in [0.717, 1.165) is 17.8 Å². The normalized spacial score (nSPS) is 11.6. The van der Waals surface area contributed by atoms with E-state index < -0.39 is 16.6 Å². The van der Waals surface area contributed by atoms with Crippen LogP contribution in [0.25, 0.3) is 11.3 Å². The summed E-state index contributed by atoms with van der Waals surface area (Å²) in [6.07, 6.45) is 0.433. The van der Waals surface area contributed by atoms with Gasteiger partial charge in [-0.15, -0.1) is 10.2 Å². The fourth-order valence-corrected chi connectivity index (χ4v) is 3.82. The van der Waals surface area contributed by atoms with Crippen molar-refractivity contribution in [3.63, 3.8) is 0 Å². The van der Waals surface area contributed by atoms with Gasteiger partial charge in [0.15, 0.2) is 10.9 Å². The molecule has 0 bridgehead atoms. The fraction of sp³-hybridized carbons (Fsp3) is 0.190. The Balaban J connectivity index is 1.78. The number of halogens is 2. The molecule has 0 fully saturated rings. The third kappa shape index (κ3) is 5.71. The van der Waals surface area contributed by atoms with Crippen molar-refractivity contribution in [2.24, 2.45) is 0 Å². The zero-order valence-corrected chi connectivity index (χ0v) is 18.7. The standard InChI is InChI=1S/C21H19ClFN5O3S/c1-3-17(19(30)25-12-8-9-15(23)14(22)10-12)32-21-26-20(31)18(27-28-21)13-6-4-5-7-16(13)24-11(2)29/h4-10,17H,3H2,1-2H3,(H,24,29)(H,25,30)(H,26,28,31). The number of benzene rings is 2. The second-order valence-electron chi connectivity index (χ2n) is 6.67. The first-order valence-electron chi connectivity index (χ1n) is 9.55. The summed E-state index contributed by atoms with van der Waals surface area (Å²) in [6.45, 7) is 3.17. The van der Waals surface area contributed by atoms with E-state index in [2.05, 4.69) is 25.8 Å². The maximum Gasteiger partial charge on any atom is 0.278 e. The molecule has 3 rings (SSSR count). The van der Waals surface area contributed by atoms with Crippen molar-refractivity contribution in [1.29, 1.82) is 0 Å². The number of H-pyrrole nitrogens is 1. The number of aromatic nitrogens is 3. The molecular weight excluding hydrogens is 457 g/mol. The molecule has 1 heterocycles. The van der Waals surface area contributed by atoms with Crippen molar-refractivity contribution in [2.75, 3.05) is 10.6 Å². The number of anilines is 2. The van der Waals surface area contributed by atoms with E-state index in [-0.39, 0.29) is 27.7 Å². The predicted octanol–water partition coefficient (Wildman–Crippen LogP) is 4.09. The molecule has 0 spiro atoms. The van der Waals surface area contributed by atoms with Gasteiger partial charge in [0, 0.05) is 18.2 Å². The summed E-state index contributed by atoms with van der Waals surface area (Å²) in [4.78, 5) is 39.3. The van der Waals surface area contributed by atoms with Gasteiger partial charge in [-0.3, -0.25) is 19.4 Å². The molecule has 8 nitrogen and oxygen atoms in total. The lowest BCUT2D eigenvalue weighted by atomic mass is 10.1. The van der Waals surface area contributed by atoms with Crippen molar-refractivity contribution in [1.82, 2.24) is 15.2 Å². The molecule has 2 amide bonds. The lowest BCUT2D eigenvalue weighted by Gasteiger charge is -2.14. The summed E-state index contributed by atoms with van der Waals surface area (Å²) in [5.74, 6) is -1.23. The van der Waals surface area contributed by atoms with Gasteiger partial charge in [-0.25, -0.2) is 4.39 Å². The highest BCUT2D eigenvalue weighted by Crippen LogP contribution is 2.26. The maximum atomic E-state index is 13.3. The molecule has 2 aromatic carbocycles. The number of hydrogen-bond acceptors (Lipinski definition) is 6. The third-order valence-electron chi connectivity index (χ3n) is 4.27. The summed E-state index contributed by atoms with van der Waals surface area (Å²) in [6, 6.07) is 10.6. The van der Waals surface area contributed by atoms with E-state index in [1.807, 2.05) is 0 Å². The van der Waals surface area contributed by atoms with Crippen LogP contribution in [0.3, 0.4) is 0 Å². The van der Waals surface area contributed by atoms with Crippen LogP contribution < -0.4 is 16.2 Å². The first-order chi connectivity index (χ1) is 15.3. The molecule has 32 heavy (non-hydrogen) atoms. The molecule has 0 saturated heterocycles. The van der Waals surface area contributed by atoms with E-state index >= 15 is 0 Å². The van der Waals surface area contributed by atoms with Crippen LogP contribution in [0.5, 0.6) is 0 Å². The molecule has 1 atom stereocenters. The van der Waals surface area contributed by atoms with Gasteiger partial charge in [0.2, 0.25) is 11.8 Å². The van der Waals surface area contributed by atoms with Gasteiger partial charge in [-0.05, 0) is 30.7 Å². The topological polar surface area (TPSA) is 117 Å². The summed E-state index contributed by atoms with van der Waals surface area (Å²) in [5.41, 5.74) is 0.734. The van der Waals surface area contributed by atoms with E-state index in [1.165, 1.54) is 19.1 Å². The molecule has 3 N–H and O–H groups in total. The first-order valence-corrected chi connectivity index (χ1v) is 10.8. The number of aromatic amines is 1. The predicted molar refractivity (Wildman–Crippen MR) is 122 cm³/mol. The average molecular weight is 476 g/mol. The van der Waals surface area contributed by atoms with Crippen LogP contribution in [0.4, 0.5) is 15.8 Å². The summed E-state index contributed by atoms with van der Waals surface area (Å²) in [5, 5.41) is 12.8. The highest BCUT2D eigenvalue weighted by molar-refractivity contribution is 8.00. The molecule has 0 radical (unpaired) electrons. The molecule has 1 unspecified atom stereocenters. The first kappa shape index (κ1) is 23.4. The molecule has 0 aliphatic rings. The molecule has 0 saturated carbocycles. The quantitative estimate of drug-likeness (QED) is 0.443. The van der Waals surface area contributed by atoms with Crippen LogP contribution in [0.2, 0.25) is 5.02 Å². The van der Waals surface area contributed by atoms with E-state index in [9.17, 15) is 18.8 Å². The van der Waals surface area contributed by atoms with Gasteiger partial charge in [-0.1, -0.05) is 48.5 Å². The Labute approximate surface area is 192 Å². The second kappa shape index (κ2) is 10.4. The summed E-state index contributed by atoms with van der Waals surface area (Å²) >= 11 is 6.79. The fourth-order valence-electron chi connectivity index (χ4n) is 2.79. The Morgan fingerprint density at radius 3 is 2.59 bits per heavy atom. The van der Waals surface area contributed by atoms with Gasteiger partial charge in [0.05, 0.1) is 16.0 Å². The Kier molecular flexibility index (Phi) is 7.60. The van der Waals surface area contributed by atoms with Crippen LogP contribution in [0, 0.1) is 5.82 Å². The van der Waals surface area contributed by atoms with Crippen molar-refractivity contribution in [3.8, 4) is 11.3 Å². The minimum Gasteiger partial charge on any atom is -0.326 e. The lowest BCUT2D eigenvalue weighted by Crippen LogP contribution is -2.25. The molecule has 1 aromatic heterocycles. The summed E-state index contributed by atoms with van der Waals surface area (Å²) < 4.78 is 13.3. The molecule has 3 aromatic rings. The van der Waals surface area contributed by atoms with Crippen LogP contribution in [-0.2, 0) is 9.59 Å². The van der Waals surface area contributed by atoms with Crippen LogP contribution in [0.1, 0.15) is 20.3 Å². The van der Waals surface area contributed by atoms with Gasteiger partial charge in [0.25, 0.3) is 5.56 Å². The number of carbonyl (C=O) groups excluding carboxylic acids is 2. The smallest absolute Gasteiger partial charge is 0.278 e. The molecule has 0 aliphatic carbocycles. The molecule has 166 valence electrons. The monoisotopic (exact) mass is 475 g/mol.